The average Bonchev–Trinajstić information content (AvgIpc) is 3.00. The first-order valence-corrected chi connectivity index (χ1v) is 11.2. The molecule has 2 atom stereocenters. The quantitative estimate of drug-likeness (QED) is 0.559. The van der Waals surface area contributed by atoms with E-state index in [1.165, 1.54) is 11.1 Å². The number of alkyl halides is 3. The summed E-state index contributed by atoms with van der Waals surface area (Å²) in [6.45, 7) is -2.17. The molecule has 2 saturated heterocycles. The topological polar surface area (TPSA) is 97.6 Å². The van der Waals surface area contributed by atoms with Gasteiger partial charge < -0.3 is 15.5 Å². The highest BCUT2D eigenvalue weighted by Gasteiger charge is 2.61. The van der Waals surface area contributed by atoms with Gasteiger partial charge in [0.05, 0.1) is 6.54 Å². The van der Waals surface area contributed by atoms with E-state index < -0.39 is 42.1 Å². The molecule has 2 aliphatic heterocycles. The lowest BCUT2D eigenvalue weighted by molar-refractivity contribution is -0.157. The Hall–Kier alpha value is -3.18. The van der Waals surface area contributed by atoms with Crippen molar-refractivity contribution in [2.24, 2.45) is 0 Å². The predicted molar refractivity (Wildman–Crippen MR) is 120 cm³/mol. The lowest BCUT2D eigenvalue weighted by atomic mass is 9.88. The third-order valence-corrected chi connectivity index (χ3v) is 6.42. The number of benzene rings is 1. The summed E-state index contributed by atoms with van der Waals surface area (Å²) in [5.74, 6) is -1.60. The van der Waals surface area contributed by atoms with Crippen molar-refractivity contribution in [3.8, 4) is 0 Å². The van der Waals surface area contributed by atoms with Crippen LogP contribution >= 0.6 is 11.6 Å². The molecule has 186 valence electrons. The molecule has 2 fully saturated rings. The number of carbonyl (C=O) groups excluding carboxylic acids is 3. The molecule has 1 N–H and O–H groups in total. The molecular formula is C23H22ClF3N5O3-. The van der Waals surface area contributed by atoms with Crippen LogP contribution in [0.1, 0.15) is 11.3 Å². The number of piperazine rings is 1. The normalized spacial score (nSPS) is 21.3. The number of nitrogens with zero attached hydrogens (tertiary/aromatic N) is 4. The zero-order valence-electron chi connectivity index (χ0n) is 18.5. The number of hydrogen-bond acceptors (Lipinski definition) is 4. The second-order valence-corrected chi connectivity index (χ2v) is 9.05. The fourth-order valence-electron chi connectivity index (χ4n) is 4.56. The molecular weight excluding hydrogens is 487 g/mol. The zero-order valence-corrected chi connectivity index (χ0v) is 19.2. The highest BCUT2D eigenvalue weighted by Crippen LogP contribution is 2.36. The van der Waals surface area contributed by atoms with Gasteiger partial charge in [-0.25, -0.2) is 4.79 Å². The summed E-state index contributed by atoms with van der Waals surface area (Å²) < 4.78 is 39.5. The Morgan fingerprint density at radius 2 is 1.86 bits per heavy atom. The van der Waals surface area contributed by atoms with Crippen LogP contribution in [-0.2, 0) is 22.4 Å². The zero-order chi connectivity index (χ0) is 25.4. The van der Waals surface area contributed by atoms with Crippen molar-refractivity contribution in [2.75, 3.05) is 26.2 Å². The Morgan fingerprint density at radius 3 is 2.49 bits per heavy atom. The predicted octanol–water partition coefficient (Wildman–Crippen LogP) is 3.35. The summed E-state index contributed by atoms with van der Waals surface area (Å²) in [4.78, 5) is 46.1. The Balaban J connectivity index is 1.61. The first-order chi connectivity index (χ1) is 16.5. The van der Waals surface area contributed by atoms with Gasteiger partial charge in [0.15, 0.2) is 0 Å². The van der Waals surface area contributed by atoms with Crippen molar-refractivity contribution in [1.82, 2.24) is 19.7 Å². The van der Waals surface area contributed by atoms with E-state index in [1.807, 2.05) is 0 Å². The number of amides is 4. The number of rotatable bonds is 6. The summed E-state index contributed by atoms with van der Waals surface area (Å²) in [7, 11) is 0. The molecule has 1 aromatic carbocycles. The second-order valence-electron chi connectivity index (χ2n) is 8.61. The Kier molecular flexibility index (Phi) is 6.74. The molecule has 0 saturated carbocycles. The van der Waals surface area contributed by atoms with E-state index in [1.54, 1.807) is 42.5 Å². The molecule has 3 heterocycles. The Morgan fingerprint density at radius 1 is 1.14 bits per heavy atom. The minimum atomic E-state index is -4.77. The highest BCUT2D eigenvalue weighted by atomic mass is 35.5. The number of nitrogens with one attached hydrogen (secondary N) is 1. The van der Waals surface area contributed by atoms with Crippen molar-refractivity contribution in [3.63, 3.8) is 0 Å². The molecule has 0 unspecified atom stereocenters. The minimum Gasteiger partial charge on any atom is -0.667 e. The van der Waals surface area contributed by atoms with Gasteiger partial charge in [0, 0.05) is 36.4 Å². The van der Waals surface area contributed by atoms with E-state index in [0.29, 0.717) is 16.3 Å². The number of pyridine rings is 1. The van der Waals surface area contributed by atoms with Gasteiger partial charge in [-0.15, -0.1) is 0 Å². The first-order valence-electron chi connectivity index (χ1n) is 10.8. The van der Waals surface area contributed by atoms with Gasteiger partial charge in [0.2, 0.25) is 5.91 Å². The van der Waals surface area contributed by atoms with Crippen LogP contribution in [-0.4, -0.2) is 81.5 Å². The molecule has 2 aliphatic rings. The van der Waals surface area contributed by atoms with E-state index in [0.717, 1.165) is 4.90 Å². The van der Waals surface area contributed by atoms with Crippen LogP contribution in [0.15, 0.2) is 48.7 Å². The summed E-state index contributed by atoms with van der Waals surface area (Å²) in [6.07, 6.45) is -3.36. The van der Waals surface area contributed by atoms with E-state index in [2.05, 4.69) is 4.98 Å². The van der Waals surface area contributed by atoms with Gasteiger partial charge >= 0.3 is 12.2 Å². The van der Waals surface area contributed by atoms with Crippen molar-refractivity contribution in [1.29, 1.82) is 0 Å². The number of urea groups is 1. The van der Waals surface area contributed by atoms with Crippen LogP contribution in [0, 0.1) is 0 Å². The third-order valence-electron chi connectivity index (χ3n) is 6.17. The second kappa shape index (κ2) is 9.46. The fraction of sp³-hybridized carbons (Fsp3) is 0.391. The van der Waals surface area contributed by atoms with Crippen LogP contribution in [0.4, 0.5) is 18.0 Å². The largest absolute Gasteiger partial charge is 0.667 e. The summed E-state index contributed by atoms with van der Waals surface area (Å²) >= 11 is 5.88. The number of hydrogen-bond donors (Lipinski definition) is 0. The van der Waals surface area contributed by atoms with Gasteiger partial charge in [-0.05, 0) is 36.2 Å². The van der Waals surface area contributed by atoms with Gasteiger partial charge in [-0.3, -0.25) is 19.5 Å². The molecule has 0 spiro atoms. The molecule has 4 amide bonds. The van der Waals surface area contributed by atoms with E-state index in [4.69, 9.17) is 17.3 Å². The monoisotopic (exact) mass is 508 g/mol. The molecule has 4 rings (SSSR count). The third kappa shape index (κ3) is 5.10. The van der Waals surface area contributed by atoms with Crippen LogP contribution in [0.5, 0.6) is 0 Å². The lowest BCUT2D eigenvalue weighted by Crippen LogP contribution is -2.65. The minimum absolute atomic E-state index is 0.00230. The molecule has 1 aromatic heterocycles. The molecule has 2 aromatic rings. The molecule has 12 heteroatoms. The van der Waals surface area contributed by atoms with E-state index in [-0.39, 0.29) is 37.4 Å². The number of halogens is 4. The Labute approximate surface area is 204 Å². The summed E-state index contributed by atoms with van der Waals surface area (Å²) in [6, 6.07) is 9.36. The fourth-order valence-corrected chi connectivity index (χ4v) is 4.69. The SMILES string of the molecule is [NH-][C@H](Cc1ccc(Cl)cc1)C(=O)N1CCN2C(=O)N(CC(F)(F)F)C(=O)[C@]2(Cc2ccccn2)C1. The smallest absolute Gasteiger partial charge is 0.406 e. The number of fused-ring (bicyclic) bond motifs is 1. The van der Waals surface area contributed by atoms with Crippen molar-refractivity contribution < 1.29 is 27.6 Å². The number of carbonyl (C=O) groups is 3. The maximum absolute atomic E-state index is 13.4. The van der Waals surface area contributed by atoms with E-state index in [9.17, 15) is 27.6 Å². The molecule has 8 nitrogen and oxygen atoms in total. The standard InChI is InChI=1S/C23H22ClF3N5O3/c24-16-6-4-15(5-7-16)11-18(28)19(33)30-9-10-32-21(35)31(14-23(25,26)27)20(34)22(32,13-30)12-17-3-1-2-8-29-17/h1-8,18,28H,9-14H2/q-1/t18-,22+/m1/s1. The Bertz CT molecular complexity index is 1120. The lowest BCUT2D eigenvalue weighted by Gasteiger charge is -2.45. The molecule has 0 aliphatic carbocycles. The summed E-state index contributed by atoms with van der Waals surface area (Å²) in [5, 5.41) is 0.516. The maximum atomic E-state index is 13.4. The number of imide groups is 1. The van der Waals surface area contributed by atoms with Gasteiger partial charge in [0.25, 0.3) is 5.91 Å². The molecule has 0 bridgehead atoms. The van der Waals surface area contributed by atoms with Crippen LogP contribution in [0.3, 0.4) is 0 Å². The molecule has 0 radical (unpaired) electrons. The summed E-state index contributed by atoms with van der Waals surface area (Å²) in [5.41, 5.74) is 7.74. The number of aromatic nitrogens is 1. The highest BCUT2D eigenvalue weighted by molar-refractivity contribution is 6.30. The first kappa shape index (κ1) is 24.9. The van der Waals surface area contributed by atoms with E-state index >= 15 is 0 Å². The maximum Gasteiger partial charge on any atom is 0.406 e. The van der Waals surface area contributed by atoms with Crippen LogP contribution in [0.2, 0.25) is 5.02 Å². The van der Waals surface area contributed by atoms with Crippen molar-refractivity contribution >= 4 is 29.4 Å². The van der Waals surface area contributed by atoms with Crippen molar-refractivity contribution in [3.05, 3.63) is 70.7 Å². The van der Waals surface area contributed by atoms with Crippen LogP contribution in [0.25, 0.3) is 5.73 Å². The van der Waals surface area contributed by atoms with Crippen molar-refractivity contribution in [2.45, 2.75) is 30.6 Å². The average molecular weight is 509 g/mol. The molecule has 35 heavy (non-hydrogen) atoms. The van der Waals surface area contributed by atoms with Gasteiger partial charge in [-0.1, -0.05) is 35.8 Å². The van der Waals surface area contributed by atoms with Gasteiger partial charge in [-0.2, -0.15) is 13.2 Å². The van der Waals surface area contributed by atoms with Crippen LogP contribution < -0.4 is 0 Å². The van der Waals surface area contributed by atoms with Gasteiger partial charge in [0.1, 0.15) is 12.1 Å².